The SMILES string of the molecule is CCCN1CC=C[C@]2(C)S[C@]34C=CCN(c5c(C)cccc5Cl)C(=O)C3N([C@@H](CO)C(C)C)C(=O)[C@@H]4[C@@H]2C1=O. The lowest BCUT2D eigenvalue weighted by Crippen LogP contribution is -2.58. The second kappa shape index (κ2) is 10.3. The Hall–Kier alpha value is -2.29. The molecule has 5 rings (SSSR count). The van der Waals surface area contributed by atoms with Gasteiger partial charge in [0.15, 0.2) is 0 Å². The topological polar surface area (TPSA) is 81.2 Å². The van der Waals surface area contributed by atoms with Crippen molar-refractivity contribution in [2.45, 2.75) is 62.6 Å². The molecule has 0 saturated carbocycles. The van der Waals surface area contributed by atoms with Crippen LogP contribution < -0.4 is 4.90 Å². The van der Waals surface area contributed by atoms with Crippen LogP contribution in [0.25, 0.3) is 0 Å². The van der Waals surface area contributed by atoms with Gasteiger partial charge in [0.05, 0.1) is 39.9 Å². The van der Waals surface area contributed by atoms with Crippen LogP contribution in [0.3, 0.4) is 0 Å². The third-order valence-corrected chi connectivity index (χ3v) is 10.9. The monoisotopic (exact) mass is 571 g/mol. The number of hydrogen-bond acceptors (Lipinski definition) is 5. The lowest BCUT2D eigenvalue weighted by molar-refractivity contribution is -0.146. The summed E-state index contributed by atoms with van der Waals surface area (Å²) in [7, 11) is 0. The molecule has 0 aliphatic carbocycles. The number of likely N-dealkylation sites (tertiary alicyclic amines) is 1. The number of aryl methyl sites for hydroxylation is 1. The summed E-state index contributed by atoms with van der Waals surface area (Å²) in [5.74, 6) is -1.95. The smallest absolute Gasteiger partial charge is 0.251 e. The molecular weight excluding hydrogens is 534 g/mol. The van der Waals surface area contributed by atoms with E-state index < -0.39 is 33.4 Å². The molecule has 39 heavy (non-hydrogen) atoms. The van der Waals surface area contributed by atoms with Crippen molar-refractivity contribution >= 4 is 46.8 Å². The predicted molar refractivity (Wildman–Crippen MR) is 156 cm³/mol. The van der Waals surface area contributed by atoms with Crippen LogP contribution in [0.4, 0.5) is 5.69 Å². The Morgan fingerprint density at radius 1 is 1.08 bits per heavy atom. The molecule has 0 bridgehead atoms. The minimum absolute atomic E-state index is 0.0401. The van der Waals surface area contributed by atoms with Crippen LogP contribution in [0.15, 0.2) is 42.5 Å². The summed E-state index contributed by atoms with van der Waals surface area (Å²) in [5.41, 5.74) is 1.49. The third-order valence-electron chi connectivity index (χ3n) is 8.84. The van der Waals surface area contributed by atoms with E-state index >= 15 is 0 Å². The van der Waals surface area contributed by atoms with Crippen LogP contribution in [0.1, 0.15) is 39.7 Å². The van der Waals surface area contributed by atoms with Gasteiger partial charge >= 0.3 is 0 Å². The number of halogens is 1. The summed E-state index contributed by atoms with van der Waals surface area (Å²) in [6.07, 6.45) is 8.88. The molecular formula is C30H38ClN3O4S. The van der Waals surface area contributed by atoms with E-state index in [1.165, 1.54) is 0 Å². The minimum Gasteiger partial charge on any atom is -0.394 e. The Labute approximate surface area is 240 Å². The molecule has 1 aromatic rings. The van der Waals surface area contributed by atoms with Gasteiger partial charge in [0.2, 0.25) is 11.8 Å². The second-order valence-corrected chi connectivity index (χ2v) is 13.9. The number of nitrogens with zero attached hydrogens (tertiary/aromatic N) is 3. The van der Waals surface area contributed by atoms with Crippen molar-refractivity contribution in [1.29, 1.82) is 0 Å². The van der Waals surface area contributed by atoms with Crippen molar-refractivity contribution in [3.8, 4) is 0 Å². The Bertz CT molecular complexity index is 1230. The van der Waals surface area contributed by atoms with Crippen molar-refractivity contribution in [1.82, 2.24) is 9.80 Å². The summed E-state index contributed by atoms with van der Waals surface area (Å²) < 4.78 is -1.62. The van der Waals surface area contributed by atoms with Crippen LogP contribution in [0.5, 0.6) is 0 Å². The molecule has 1 unspecified atom stereocenters. The molecule has 4 aliphatic rings. The number of rotatable bonds is 6. The molecule has 3 amide bonds. The summed E-state index contributed by atoms with van der Waals surface area (Å²) in [6.45, 7) is 11.0. The van der Waals surface area contributed by atoms with Crippen LogP contribution in [-0.2, 0) is 14.4 Å². The molecule has 9 heteroatoms. The minimum atomic E-state index is -0.963. The summed E-state index contributed by atoms with van der Waals surface area (Å²) >= 11 is 8.20. The van der Waals surface area contributed by atoms with Crippen molar-refractivity contribution in [3.05, 3.63) is 53.1 Å². The standard InChI is InChI=1S/C30H38ClN3O4S/c1-6-14-32-15-8-12-29(5)22(26(32)36)23-27(37)34(21(17-35)18(2)3)25-28(38)33(16-9-13-30(23,25)39-29)24-19(4)10-7-11-20(24)31/h7-13,18,21-23,25,35H,6,14-17H2,1-5H3/t21-,22+,23-,25?,29-,30-/m0/s1. The summed E-state index contributed by atoms with van der Waals surface area (Å²) in [4.78, 5) is 48.5. The molecule has 210 valence electrons. The number of amides is 3. The van der Waals surface area contributed by atoms with Gasteiger partial charge in [-0.2, -0.15) is 0 Å². The Morgan fingerprint density at radius 3 is 2.44 bits per heavy atom. The molecule has 1 spiro atoms. The maximum atomic E-state index is 14.7. The molecule has 4 heterocycles. The van der Waals surface area contributed by atoms with Gasteiger partial charge in [-0.25, -0.2) is 0 Å². The third kappa shape index (κ3) is 4.16. The predicted octanol–water partition coefficient (Wildman–Crippen LogP) is 4.06. The van der Waals surface area contributed by atoms with Gasteiger partial charge in [-0.05, 0) is 37.8 Å². The molecule has 0 aromatic heterocycles. The molecule has 1 aromatic carbocycles. The van der Waals surface area contributed by atoms with E-state index in [-0.39, 0.29) is 30.2 Å². The molecule has 2 fully saturated rings. The first-order valence-electron chi connectivity index (χ1n) is 13.9. The number of aliphatic hydroxyl groups excluding tert-OH is 1. The number of fused-ring (bicyclic) bond motifs is 2. The summed E-state index contributed by atoms with van der Waals surface area (Å²) in [6, 6.07) is 4.08. The highest BCUT2D eigenvalue weighted by Gasteiger charge is 2.74. The molecule has 4 aliphatic heterocycles. The zero-order valence-electron chi connectivity index (χ0n) is 23.3. The van der Waals surface area contributed by atoms with Gasteiger partial charge in [0.25, 0.3) is 5.91 Å². The lowest BCUT2D eigenvalue weighted by Gasteiger charge is -2.41. The first-order valence-corrected chi connectivity index (χ1v) is 15.1. The average Bonchev–Trinajstić information content (AvgIpc) is 3.14. The fourth-order valence-electron chi connectivity index (χ4n) is 7.13. The van der Waals surface area contributed by atoms with Crippen molar-refractivity contribution in [2.24, 2.45) is 17.8 Å². The summed E-state index contributed by atoms with van der Waals surface area (Å²) in [5, 5.41) is 11.0. The first-order chi connectivity index (χ1) is 18.5. The molecule has 0 radical (unpaired) electrons. The number of carbonyl (C=O) groups excluding carboxylic acids is 3. The molecule has 1 N–H and O–H groups in total. The average molecular weight is 572 g/mol. The van der Waals surface area contributed by atoms with E-state index in [0.29, 0.717) is 30.3 Å². The van der Waals surface area contributed by atoms with Crippen molar-refractivity contribution in [3.63, 3.8) is 0 Å². The number of benzene rings is 1. The van der Waals surface area contributed by atoms with Crippen molar-refractivity contribution < 1.29 is 19.5 Å². The van der Waals surface area contributed by atoms with Crippen LogP contribution in [0, 0.1) is 24.7 Å². The zero-order valence-corrected chi connectivity index (χ0v) is 24.8. The van der Waals surface area contributed by atoms with Gasteiger partial charge < -0.3 is 19.8 Å². The molecule has 2 saturated heterocycles. The van der Waals surface area contributed by atoms with Gasteiger partial charge in [0.1, 0.15) is 6.04 Å². The maximum absolute atomic E-state index is 14.7. The van der Waals surface area contributed by atoms with Crippen LogP contribution in [0.2, 0.25) is 5.02 Å². The van der Waals surface area contributed by atoms with E-state index in [1.807, 2.05) is 69.9 Å². The Morgan fingerprint density at radius 2 is 1.79 bits per heavy atom. The number of hydrogen-bond donors (Lipinski definition) is 1. The highest BCUT2D eigenvalue weighted by atomic mass is 35.5. The number of thioether (sulfide) groups is 1. The number of carbonyl (C=O) groups is 3. The van der Waals surface area contributed by atoms with E-state index in [2.05, 4.69) is 6.08 Å². The first kappa shape index (κ1) is 28.2. The van der Waals surface area contributed by atoms with E-state index in [1.54, 1.807) is 27.6 Å². The quantitative estimate of drug-likeness (QED) is 0.521. The number of aliphatic hydroxyl groups is 1. The zero-order chi connectivity index (χ0) is 28.3. The number of para-hydroxylation sites is 1. The highest BCUT2D eigenvalue weighted by Crippen LogP contribution is 2.66. The normalized spacial score (nSPS) is 32.9. The molecule has 7 nitrogen and oxygen atoms in total. The van der Waals surface area contributed by atoms with E-state index in [0.717, 1.165) is 12.0 Å². The van der Waals surface area contributed by atoms with Gasteiger partial charge in [-0.1, -0.05) is 68.8 Å². The van der Waals surface area contributed by atoms with Gasteiger partial charge in [-0.3, -0.25) is 14.4 Å². The Kier molecular flexibility index (Phi) is 7.44. The van der Waals surface area contributed by atoms with Crippen molar-refractivity contribution in [2.75, 3.05) is 31.1 Å². The highest BCUT2D eigenvalue weighted by molar-refractivity contribution is 8.02. The van der Waals surface area contributed by atoms with Crippen LogP contribution in [-0.4, -0.2) is 80.4 Å². The fourth-order valence-corrected chi connectivity index (χ4v) is 9.59. The van der Waals surface area contributed by atoms with Crippen LogP contribution >= 0.6 is 23.4 Å². The number of anilines is 1. The fraction of sp³-hybridized carbons (Fsp3) is 0.567. The largest absolute Gasteiger partial charge is 0.394 e. The van der Waals surface area contributed by atoms with Gasteiger partial charge in [0, 0.05) is 24.4 Å². The second-order valence-electron chi connectivity index (χ2n) is 11.7. The van der Waals surface area contributed by atoms with Gasteiger partial charge in [-0.15, -0.1) is 11.8 Å². The maximum Gasteiger partial charge on any atom is 0.251 e. The molecule has 6 atom stereocenters. The lowest BCUT2D eigenvalue weighted by atomic mass is 9.74. The van der Waals surface area contributed by atoms with E-state index in [4.69, 9.17) is 11.6 Å². The van der Waals surface area contributed by atoms with E-state index in [9.17, 15) is 19.5 Å². The Balaban J connectivity index is 1.70.